The lowest BCUT2D eigenvalue weighted by Crippen LogP contribution is -2.38. The molecule has 0 aliphatic heterocycles. The van der Waals surface area contributed by atoms with Crippen molar-refractivity contribution in [3.05, 3.63) is 65.7 Å². The number of ether oxygens (including phenoxy) is 1. The molecule has 0 aliphatic carbocycles. The highest BCUT2D eigenvalue weighted by molar-refractivity contribution is 5.98. The van der Waals surface area contributed by atoms with Gasteiger partial charge in [0.15, 0.2) is 0 Å². The first-order valence-electron chi connectivity index (χ1n) is 7.63. The molecular weight excluding hydrogens is 330 g/mol. The number of hydrogen-bond donors (Lipinski definition) is 2. The van der Waals surface area contributed by atoms with Crippen molar-refractivity contribution in [2.45, 2.75) is 19.6 Å². The molecule has 25 heavy (non-hydrogen) atoms. The van der Waals surface area contributed by atoms with Crippen molar-refractivity contribution >= 4 is 11.8 Å². The standard InChI is InChI=1S/C18H18F2N2O3/c1-12(13-7-3-2-4-8-13)22-16(23)11-21-17(24)14-9-5-6-10-15(14)25-18(19)20/h2-10,12,18H,11H2,1H3,(H,21,24)(H,22,23)/t12-/m1/s1. The number of carbonyl (C=O) groups excluding carboxylic acids is 2. The molecule has 2 N–H and O–H groups in total. The van der Waals surface area contributed by atoms with Gasteiger partial charge in [-0.05, 0) is 24.6 Å². The van der Waals surface area contributed by atoms with Crippen LogP contribution in [0.15, 0.2) is 54.6 Å². The Morgan fingerprint density at radius 3 is 2.36 bits per heavy atom. The number of amides is 2. The quantitative estimate of drug-likeness (QED) is 0.808. The lowest BCUT2D eigenvalue weighted by molar-refractivity contribution is -0.120. The van der Waals surface area contributed by atoms with E-state index in [2.05, 4.69) is 15.4 Å². The summed E-state index contributed by atoms with van der Waals surface area (Å²) in [4.78, 5) is 24.0. The third kappa shape index (κ3) is 5.56. The van der Waals surface area contributed by atoms with E-state index in [1.54, 1.807) is 0 Å². The van der Waals surface area contributed by atoms with Crippen molar-refractivity contribution in [2.24, 2.45) is 0 Å². The van der Waals surface area contributed by atoms with E-state index in [9.17, 15) is 18.4 Å². The summed E-state index contributed by atoms with van der Waals surface area (Å²) >= 11 is 0. The fourth-order valence-electron chi connectivity index (χ4n) is 2.23. The summed E-state index contributed by atoms with van der Waals surface area (Å²) in [6, 6.07) is 14.7. The Balaban J connectivity index is 1.90. The first kappa shape index (κ1) is 18.4. The number of hydrogen-bond acceptors (Lipinski definition) is 3. The molecule has 0 bridgehead atoms. The van der Waals surface area contributed by atoms with Gasteiger partial charge in [-0.25, -0.2) is 0 Å². The van der Waals surface area contributed by atoms with Gasteiger partial charge in [0.05, 0.1) is 18.2 Å². The Morgan fingerprint density at radius 1 is 1.04 bits per heavy atom. The minimum atomic E-state index is -3.04. The predicted molar refractivity (Wildman–Crippen MR) is 88.4 cm³/mol. The van der Waals surface area contributed by atoms with Crippen LogP contribution in [0.3, 0.4) is 0 Å². The van der Waals surface area contributed by atoms with Gasteiger partial charge in [-0.15, -0.1) is 0 Å². The zero-order valence-electron chi connectivity index (χ0n) is 13.5. The summed E-state index contributed by atoms with van der Waals surface area (Å²) in [5, 5.41) is 5.14. The van der Waals surface area contributed by atoms with E-state index >= 15 is 0 Å². The van der Waals surface area contributed by atoms with Crippen LogP contribution in [0.2, 0.25) is 0 Å². The van der Waals surface area contributed by atoms with Gasteiger partial charge in [0.25, 0.3) is 5.91 Å². The molecule has 5 nitrogen and oxygen atoms in total. The van der Waals surface area contributed by atoms with Crippen molar-refractivity contribution in [1.82, 2.24) is 10.6 Å². The molecule has 2 aromatic carbocycles. The van der Waals surface area contributed by atoms with Gasteiger partial charge >= 0.3 is 6.61 Å². The molecule has 0 spiro atoms. The van der Waals surface area contributed by atoms with Crippen molar-refractivity contribution in [3.63, 3.8) is 0 Å². The van der Waals surface area contributed by atoms with Crippen LogP contribution in [0, 0.1) is 0 Å². The maximum atomic E-state index is 12.4. The van der Waals surface area contributed by atoms with E-state index < -0.39 is 18.4 Å². The molecule has 2 rings (SSSR count). The van der Waals surface area contributed by atoms with Gasteiger partial charge in [0.2, 0.25) is 5.91 Å². The molecule has 0 fully saturated rings. The van der Waals surface area contributed by atoms with Gasteiger partial charge in [-0.2, -0.15) is 8.78 Å². The number of nitrogens with one attached hydrogen (secondary N) is 2. The molecule has 0 saturated carbocycles. The molecule has 0 aromatic heterocycles. The number of para-hydroxylation sites is 1. The fourth-order valence-corrected chi connectivity index (χ4v) is 2.23. The number of halogens is 2. The van der Waals surface area contributed by atoms with Crippen LogP contribution in [-0.2, 0) is 4.79 Å². The smallest absolute Gasteiger partial charge is 0.387 e. The lowest BCUT2D eigenvalue weighted by atomic mass is 10.1. The first-order valence-corrected chi connectivity index (χ1v) is 7.63. The van der Waals surface area contributed by atoms with E-state index in [4.69, 9.17) is 0 Å². The largest absolute Gasteiger partial charge is 0.434 e. The normalized spacial score (nSPS) is 11.7. The van der Waals surface area contributed by atoms with Crippen molar-refractivity contribution < 1.29 is 23.1 Å². The van der Waals surface area contributed by atoms with Gasteiger partial charge in [0.1, 0.15) is 5.75 Å². The highest BCUT2D eigenvalue weighted by atomic mass is 19.3. The van der Waals surface area contributed by atoms with Crippen LogP contribution in [0.4, 0.5) is 8.78 Å². The second-order valence-electron chi connectivity index (χ2n) is 5.26. The van der Waals surface area contributed by atoms with Crippen molar-refractivity contribution in [2.75, 3.05) is 6.54 Å². The van der Waals surface area contributed by atoms with Gasteiger partial charge < -0.3 is 15.4 Å². The summed E-state index contributed by atoms with van der Waals surface area (Å²) in [7, 11) is 0. The monoisotopic (exact) mass is 348 g/mol. The van der Waals surface area contributed by atoms with E-state index in [0.717, 1.165) is 5.56 Å². The van der Waals surface area contributed by atoms with Gasteiger partial charge in [-0.1, -0.05) is 42.5 Å². The Morgan fingerprint density at radius 2 is 1.68 bits per heavy atom. The molecule has 0 radical (unpaired) electrons. The third-order valence-electron chi connectivity index (χ3n) is 3.43. The second-order valence-corrected chi connectivity index (χ2v) is 5.26. The van der Waals surface area contributed by atoms with E-state index in [1.807, 2.05) is 37.3 Å². The molecule has 0 aliphatic rings. The fraction of sp³-hybridized carbons (Fsp3) is 0.222. The number of carbonyl (C=O) groups is 2. The average Bonchev–Trinajstić information content (AvgIpc) is 2.60. The number of rotatable bonds is 7. The molecule has 0 unspecified atom stereocenters. The predicted octanol–water partition coefficient (Wildman–Crippen LogP) is 2.90. The molecule has 132 valence electrons. The highest BCUT2D eigenvalue weighted by Crippen LogP contribution is 2.20. The maximum absolute atomic E-state index is 12.4. The van der Waals surface area contributed by atoms with Crippen LogP contribution in [0.25, 0.3) is 0 Å². The van der Waals surface area contributed by atoms with Crippen LogP contribution in [0.1, 0.15) is 28.9 Å². The van der Waals surface area contributed by atoms with Crippen LogP contribution in [-0.4, -0.2) is 25.0 Å². The molecule has 0 heterocycles. The first-order chi connectivity index (χ1) is 12.0. The van der Waals surface area contributed by atoms with Crippen molar-refractivity contribution in [3.8, 4) is 5.75 Å². The molecular formula is C18H18F2N2O3. The summed E-state index contributed by atoms with van der Waals surface area (Å²) in [6.45, 7) is -1.50. The SMILES string of the molecule is C[C@@H](NC(=O)CNC(=O)c1ccccc1OC(F)F)c1ccccc1. The minimum Gasteiger partial charge on any atom is -0.434 e. The Bertz CT molecular complexity index is 723. The van der Waals surface area contributed by atoms with E-state index in [0.29, 0.717) is 0 Å². The summed E-state index contributed by atoms with van der Waals surface area (Å²) < 4.78 is 29.0. The molecule has 2 aromatic rings. The van der Waals surface area contributed by atoms with Crippen LogP contribution >= 0.6 is 0 Å². The number of alkyl halides is 2. The summed E-state index contributed by atoms with van der Waals surface area (Å²) in [6.07, 6.45) is 0. The average molecular weight is 348 g/mol. The zero-order valence-corrected chi connectivity index (χ0v) is 13.5. The number of benzene rings is 2. The van der Waals surface area contributed by atoms with Gasteiger partial charge in [0, 0.05) is 0 Å². The Labute approximate surface area is 144 Å². The third-order valence-corrected chi connectivity index (χ3v) is 3.43. The summed E-state index contributed by atoms with van der Waals surface area (Å²) in [5.74, 6) is -1.30. The summed E-state index contributed by atoms with van der Waals surface area (Å²) in [5.41, 5.74) is 0.865. The molecule has 0 saturated heterocycles. The molecule has 7 heteroatoms. The van der Waals surface area contributed by atoms with Crippen molar-refractivity contribution in [1.29, 1.82) is 0 Å². The maximum Gasteiger partial charge on any atom is 0.387 e. The second kappa shape index (κ2) is 8.77. The molecule has 1 atom stereocenters. The van der Waals surface area contributed by atoms with Gasteiger partial charge in [-0.3, -0.25) is 9.59 Å². The Hall–Kier alpha value is -2.96. The highest BCUT2D eigenvalue weighted by Gasteiger charge is 2.16. The topological polar surface area (TPSA) is 67.4 Å². The zero-order chi connectivity index (χ0) is 18.2. The van der Waals surface area contributed by atoms with E-state index in [-0.39, 0.29) is 23.9 Å². The van der Waals surface area contributed by atoms with Crippen LogP contribution < -0.4 is 15.4 Å². The minimum absolute atomic E-state index is 0.0632. The molecule has 2 amide bonds. The Kier molecular flexibility index (Phi) is 6.45. The van der Waals surface area contributed by atoms with E-state index in [1.165, 1.54) is 24.3 Å². The lowest BCUT2D eigenvalue weighted by Gasteiger charge is -2.15. The van der Waals surface area contributed by atoms with Crippen LogP contribution in [0.5, 0.6) is 5.75 Å².